The van der Waals surface area contributed by atoms with Crippen LogP contribution in [-0.2, 0) is 13.0 Å². The number of aliphatic hydroxyl groups is 1. The predicted octanol–water partition coefficient (Wildman–Crippen LogP) is 1.87. The van der Waals surface area contributed by atoms with Gasteiger partial charge in [-0.05, 0) is 24.6 Å². The summed E-state index contributed by atoms with van der Waals surface area (Å²) in [6, 6.07) is 8.55. The van der Waals surface area contributed by atoms with E-state index in [1.807, 2.05) is 0 Å². The van der Waals surface area contributed by atoms with Gasteiger partial charge in [0, 0.05) is 29.6 Å². The Balaban J connectivity index is 2.33. The molecule has 0 spiro atoms. The Morgan fingerprint density at radius 2 is 2.29 bits per heavy atom. The molecule has 0 amide bonds. The van der Waals surface area contributed by atoms with Crippen molar-refractivity contribution in [3.63, 3.8) is 0 Å². The van der Waals surface area contributed by atoms with Crippen molar-refractivity contribution >= 4 is 10.9 Å². The quantitative estimate of drug-likeness (QED) is 0.669. The fourth-order valence-corrected chi connectivity index (χ4v) is 2.39. The summed E-state index contributed by atoms with van der Waals surface area (Å²) in [6.07, 6.45) is 0.614. The lowest BCUT2D eigenvalue weighted by atomic mass is 10.1. The van der Waals surface area contributed by atoms with Gasteiger partial charge in [0.25, 0.3) is 0 Å². The van der Waals surface area contributed by atoms with Crippen LogP contribution in [0.1, 0.15) is 11.3 Å². The molecule has 0 saturated carbocycles. The van der Waals surface area contributed by atoms with Gasteiger partial charge in [-0.1, -0.05) is 12.1 Å². The molecule has 1 atom stereocenters. The van der Waals surface area contributed by atoms with E-state index in [-0.39, 0.29) is 6.10 Å². The van der Waals surface area contributed by atoms with Crippen LogP contribution in [0.3, 0.4) is 0 Å². The van der Waals surface area contributed by atoms with Crippen LogP contribution < -0.4 is 0 Å². The molecule has 1 aromatic heterocycles. The number of aromatic nitrogens is 1. The Morgan fingerprint density at radius 3 is 3.14 bits per heavy atom. The van der Waals surface area contributed by atoms with Gasteiger partial charge in [0.2, 0.25) is 0 Å². The molecule has 0 fully saturated rings. The third kappa shape index (κ3) is 0.946. The standard InChI is InChI=1S/C12H13NO/c1-8-3-2-4-12-11(8)6-9-5-10(14)7-13(9)12/h2-4,6,10,14H,5,7H2,1H3. The summed E-state index contributed by atoms with van der Waals surface area (Å²) in [7, 11) is 0. The first kappa shape index (κ1) is 8.06. The van der Waals surface area contributed by atoms with Gasteiger partial charge in [-0.3, -0.25) is 0 Å². The lowest BCUT2D eigenvalue weighted by Gasteiger charge is -2.02. The van der Waals surface area contributed by atoms with Crippen molar-refractivity contribution in [3.05, 3.63) is 35.5 Å². The fraction of sp³-hybridized carbons (Fsp3) is 0.333. The molecule has 2 nitrogen and oxygen atoms in total. The Morgan fingerprint density at radius 1 is 1.43 bits per heavy atom. The third-order valence-electron chi connectivity index (χ3n) is 3.09. The summed E-state index contributed by atoms with van der Waals surface area (Å²) < 4.78 is 2.23. The number of aryl methyl sites for hydroxylation is 1. The van der Waals surface area contributed by atoms with Gasteiger partial charge >= 0.3 is 0 Å². The first-order chi connectivity index (χ1) is 6.75. The van der Waals surface area contributed by atoms with Gasteiger partial charge in [-0.25, -0.2) is 0 Å². The average molecular weight is 187 g/mol. The van der Waals surface area contributed by atoms with E-state index in [1.54, 1.807) is 0 Å². The van der Waals surface area contributed by atoms with Crippen molar-refractivity contribution < 1.29 is 5.11 Å². The van der Waals surface area contributed by atoms with E-state index < -0.39 is 0 Å². The largest absolute Gasteiger partial charge is 0.391 e. The maximum Gasteiger partial charge on any atom is 0.0773 e. The predicted molar refractivity (Wildman–Crippen MR) is 56.4 cm³/mol. The van der Waals surface area contributed by atoms with Gasteiger partial charge in [-0.2, -0.15) is 0 Å². The lowest BCUT2D eigenvalue weighted by molar-refractivity contribution is 0.176. The summed E-state index contributed by atoms with van der Waals surface area (Å²) in [5.74, 6) is 0. The molecule has 1 aliphatic heterocycles. The third-order valence-corrected chi connectivity index (χ3v) is 3.09. The molecule has 1 N–H and O–H groups in total. The summed E-state index contributed by atoms with van der Waals surface area (Å²) in [6.45, 7) is 2.89. The number of benzene rings is 1. The number of nitrogens with zero attached hydrogens (tertiary/aromatic N) is 1. The molecule has 2 aromatic rings. The molecule has 0 bridgehead atoms. The highest BCUT2D eigenvalue weighted by Crippen LogP contribution is 2.27. The van der Waals surface area contributed by atoms with Gasteiger partial charge in [0.1, 0.15) is 0 Å². The molecular formula is C12H13NO. The Labute approximate surface area is 82.8 Å². The van der Waals surface area contributed by atoms with Crippen LogP contribution in [0, 0.1) is 6.92 Å². The molecule has 1 unspecified atom stereocenters. The van der Waals surface area contributed by atoms with Gasteiger partial charge < -0.3 is 9.67 Å². The zero-order valence-electron chi connectivity index (χ0n) is 8.20. The van der Waals surface area contributed by atoms with E-state index >= 15 is 0 Å². The number of aliphatic hydroxyl groups excluding tert-OH is 1. The molecule has 0 saturated heterocycles. The minimum absolute atomic E-state index is 0.185. The molecule has 2 heteroatoms. The molecule has 1 aliphatic rings. The minimum atomic E-state index is -0.185. The van der Waals surface area contributed by atoms with E-state index in [0.717, 1.165) is 13.0 Å². The Hall–Kier alpha value is -1.28. The zero-order valence-corrected chi connectivity index (χ0v) is 8.20. The second-order valence-corrected chi connectivity index (χ2v) is 4.11. The number of fused-ring (bicyclic) bond motifs is 3. The van der Waals surface area contributed by atoms with Crippen LogP contribution in [0.5, 0.6) is 0 Å². The molecular weight excluding hydrogens is 174 g/mol. The molecule has 72 valence electrons. The summed E-state index contributed by atoms with van der Waals surface area (Å²) >= 11 is 0. The lowest BCUT2D eigenvalue weighted by Crippen LogP contribution is -2.07. The first-order valence-corrected chi connectivity index (χ1v) is 5.01. The van der Waals surface area contributed by atoms with Crippen LogP contribution in [0.15, 0.2) is 24.3 Å². The smallest absolute Gasteiger partial charge is 0.0773 e. The number of hydrogen-bond donors (Lipinski definition) is 1. The van der Waals surface area contributed by atoms with Crippen molar-refractivity contribution in [3.8, 4) is 0 Å². The SMILES string of the molecule is Cc1cccc2c1cc1n2CC(O)C1. The zero-order chi connectivity index (χ0) is 9.71. The summed E-state index contributed by atoms with van der Waals surface area (Å²) in [5, 5.41) is 10.9. The molecule has 1 aromatic carbocycles. The van der Waals surface area contributed by atoms with E-state index in [0.29, 0.717) is 0 Å². The van der Waals surface area contributed by atoms with Gasteiger partial charge in [0.15, 0.2) is 0 Å². The highest BCUT2D eigenvalue weighted by atomic mass is 16.3. The summed E-state index contributed by atoms with van der Waals surface area (Å²) in [5.41, 5.74) is 3.84. The van der Waals surface area contributed by atoms with Crippen molar-refractivity contribution in [2.45, 2.75) is 26.0 Å². The van der Waals surface area contributed by atoms with E-state index in [1.165, 1.54) is 22.2 Å². The highest BCUT2D eigenvalue weighted by Gasteiger charge is 2.21. The monoisotopic (exact) mass is 187 g/mol. The Kier molecular flexibility index (Phi) is 1.50. The van der Waals surface area contributed by atoms with E-state index in [2.05, 4.69) is 35.8 Å². The van der Waals surface area contributed by atoms with Crippen LogP contribution in [-0.4, -0.2) is 15.8 Å². The summed E-state index contributed by atoms with van der Waals surface area (Å²) in [4.78, 5) is 0. The van der Waals surface area contributed by atoms with Crippen LogP contribution in [0.4, 0.5) is 0 Å². The van der Waals surface area contributed by atoms with Crippen LogP contribution >= 0.6 is 0 Å². The van der Waals surface area contributed by atoms with Crippen LogP contribution in [0.25, 0.3) is 10.9 Å². The van der Waals surface area contributed by atoms with Crippen molar-refractivity contribution in [1.29, 1.82) is 0 Å². The van der Waals surface area contributed by atoms with Crippen molar-refractivity contribution in [2.75, 3.05) is 0 Å². The maximum absolute atomic E-state index is 9.55. The van der Waals surface area contributed by atoms with E-state index in [9.17, 15) is 5.11 Å². The molecule has 0 aliphatic carbocycles. The topological polar surface area (TPSA) is 25.2 Å². The second kappa shape index (κ2) is 2.61. The van der Waals surface area contributed by atoms with Crippen LogP contribution in [0.2, 0.25) is 0 Å². The number of hydrogen-bond acceptors (Lipinski definition) is 1. The molecule has 3 rings (SSSR count). The van der Waals surface area contributed by atoms with Crippen molar-refractivity contribution in [2.24, 2.45) is 0 Å². The fourth-order valence-electron chi connectivity index (χ4n) is 2.39. The second-order valence-electron chi connectivity index (χ2n) is 4.11. The maximum atomic E-state index is 9.55. The van der Waals surface area contributed by atoms with E-state index in [4.69, 9.17) is 0 Å². The normalized spacial score (nSPS) is 20.3. The molecule has 14 heavy (non-hydrogen) atoms. The number of rotatable bonds is 0. The first-order valence-electron chi connectivity index (χ1n) is 5.01. The minimum Gasteiger partial charge on any atom is -0.391 e. The van der Waals surface area contributed by atoms with Gasteiger partial charge in [-0.15, -0.1) is 0 Å². The van der Waals surface area contributed by atoms with Gasteiger partial charge in [0.05, 0.1) is 6.10 Å². The van der Waals surface area contributed by atoms with Crippen molar-refractivity contribution in [1.82, 2.24) is 4.57 Å². The molecule has 2 heterocycles. The Bertz CT molecular complexity index is 498. The average Bonchev–Trinajstić information content (AvgIpc) is 2.63. The highest BCUT2D eigenvalue weighted by molar-refractivity contribution is 5.84. The molecule has 0 radical (unpaired) electrons.